The number of nitrogens with one attached hydrogen (secondary N) is 1. The highest BCUT2D eigenvalue weighted by atomic mass is 16.3. The average molecular weight is 286 g/mol. The molecule has 2 aromatic rings. The van der Waals surface area contributed by atoms with E-state index in [0.29, 0.717) is 12.0 Å². The van der Waals surface area contributed by atoms with E-state index < -0.39 is 6.10 Å². The van der Waals surface area contributed by atoms with Crippen LogP contribution in [0.1, 0.15) is 15.9 Å². The van der Waals surface area contributed by atoms with Gasteiger partial charge in [0.25, 0.3) is 11.5 Å². The van der Waals surface area contributed by atoms with Gasteiger partial charge >= 0.3 is 0 Å². The minimum Gasteiger partial charge on any atom is -0.391 e. The van der Waals surface area contributed by atoms with Crippen molar-refractivity contribution < 1.29 is 9.90 Å². The molecule has 1 amide bonds. The SMILES string of the molecule is Cn1ccc(C(=O)NC[C@@H](O)Cc2ccccc2)cc1=O. The van der Waals surface area contributed by atoms with Crippen molar-refractivity contribution in [3.8, 4) is 0 Å². The van der Waals surface area contributed by atoms with Gasteiger partial charge in [0.1, 0.15) is 0 Å². The van der Waals surface area contributed by atoms with Gasteiger partial charge in [0, 0.05) is 37.8 Å². The highest BCUT2D eigenvalue weighted by Gasteiger charge is 2.10. The summed E-state index contributed by atoms with van der Waals surface area (Å²) in [4.78, 5) is 23.4. The van der Waals surface area contributed by atoms with Crippen molar-refractivity contribution >= 4 is 5.91 Å². The normalized spacial score (nSPS) is 11.9. The maximum Gasteiger partial charge on any atom is 0.251 e. The van der Waals surface area contributed by atoms with Crippen molar-refractivity contribution in [2.24, 2.45) is 7.05 Å². The Kier molecular flexibility index (Phi) is 4.90. The molecule has 2 rings (SSSR count). The number of carbonyl (C=O) groups excluding carboxylic acids is 1. The zero-order chi connectivity index (χ0) is 15.2. The van der Waals surface area contributed by atoms with E-state index >= 15 is 0 Å². The van der Waals surface area contributed by atoms with E-state index in [-0.39, 0.29) is 18.0 Å². The topological polar surface area (TPSA) is 71.3 Å². The van der Waals surface area contributed by atoms with Crippen LogP contribution >= 0.6 is 0 Å². The number of aryl methyl sites for hydroxylation is 1. The summed E-state index contributed by atoms with van der Waals surface area (Å²) in [6, 6.07) is 12.4. The third-order valence-electron chi connectivity index (χ3n) is 3.18. The first-order valence-electron chi connectivity index (χ1n) is 6.73. The van der Waals surface area contributed by atoms with Gasteiger partial charge in [0.2, 0.25) is 0 Å². The molecule has 0 radical (unpaired) electrons. The van der Waals surface area contributed by atoms with Crippen molar-refractivity contribution in [3.05, 3.63) is 70.1 Å². The molecule has 5 heteroatoms. The van der Waals surface area contributed by atoms with Crippen LogP contribution < -0.4 is 10.9 Å². The molecule has 1 aromatic heterocycles. The van der Waals surface area contributed by atoms with Gasteiger partial charge in [0.05, 0.1) is 6.10 Å². The second-order valence-corrected chi connectivity index (χ2v) is 4.92. The van der Waals surface area contributed by atoms with E-state index in [1.54, 1.807) is 13.1 Å². The van der Waals surface area contributed by atoms with Gasteiger partial charge in [-0.15, -0.1) is 0 Å². The number of aliphatic hydroxyl groups excluding tert-OH is 1. The molecule has 1 aromatic carbocycles. The smallest absolute Gasteiger partial charge is 0.251 e. The number of carbonyl (C=O) groups is 1. The fraction of sp³-hybridized carbons (Fsp3) is 0.250. The minimum atomic E-state index is -0.664. The molecule has 0 aliphatic rings. The molecule has 5 nitrogen and oxygen atoms in total. The van der Waals surface area contributed by atoms with E-state index in [1.165, 1.54) is 16.8 Å². The van der Waals surface area contributed by atoms with Gasteiger partial charge in [-0.3, -0.25) is 9.59 Å². The number of aromatic nitrogens is 1. The summed E-state index contributed by atoms with van der Waals surface area (Å²) in [5, 5.41) is 12.5. The Morgan fingerprint density at radius 2 is 2.00 bits per heavy atom. The van der Waals surface area contributed by atoms with Crippen LogP contribution in [0.2, 0.25) is 0 Å². The lowest BCUT2D eigenvalue weighted by Crippen LogP contribution is -2.34. The summed E-state index contributed by atoms with van der Waals surface area (Å²) in [5.41, 5.74) is 1.06. The van der Waals surface area contributed by atoms with Crippen molar-refractivity contribution in [1.29, 1.82) is 0 Å². The molecule has 110 valence electrons. The third kappa shape index (κ3) is 4.29. The molecule has 0 saturated carbocycles. The van der Waals surface area contributed by atoms with Crippen LogP contribution in [0.5, 0.6) is 0 Å². The number of rotatable bonds is 5. The number of nitrogens with zero attached hydrogens (tertiary/aromatic N) is 1. The average Bonchev–Trinajstić information content (AvgIpc) is 2.48. The molecule has 0 spiro atoms. The Labute approximate surface area is 122 Å². The van der Waals surface area contributed by atoms with Gasteiger partial charge in [-0.25, -0.2) is 0 Å². The van der Waals surface area contributed by atoms with E-state index in [2.05, 4.69) is 5.32 Å². The number of aliphatic hydroxyl groups is 1. The van der Waals surface area contributed by atoms with Crippen LogP contribution in [0, 0.1) is 0 Å². The van der Waals surface area contributed by atoms with Gasteiger partial charge in [-0.1, -0.05) is 30.3 Å². The standard InChI is InChI=1S/C16H18N2O3/c1-18-8-7-13(10-15(18)20)16(21)17-11-14(19)9-12-5-3-2-4-6-12/h2-8,10,14,19H,9,11H2,1H3,(H,17,21)/t14-/m0/s1. The number of hydrogen-bond acceptors (Lipinski definition) is 3. The highest BCUT2D eigenvalue weighted by molar-refractivity contribution is 5.93. The summed E-state index contributed by atoms with van der Waals surface area (Å²) in [6.45, 7) is 0.142. The second kappa shape index (κ2) is 6.85. The van der Waals surface area contributed by atoms with Crippen molar-refractivity contribution in [2.45, 2.75) is 12.5 Å². The summed E-state index contributed by atoms with van der Waals surface area (Å²) < 4.78 is 1.39. The molecule has 0 bridgehead atoms. The number of benzene rings is 1. The second-order valence-electron chi connectivity index (χ2n) is 4.92. The summed E-state index contributed by atoms with van der Waals surface area (Å²) >= 11 is 0. The maximum absolute atomic E-state index is 11.9. The van der Waals surface area contributed by atoms with Crippen molar-refractivity contribution in [1.82, 2.24) is 9.88 Å². The Balaban J connectivity index is 1.88. The summed E-state index contributed by atoms with van der Waals surface area (Å²) in [7, 11) is 1.62. The molecular formula is C16H18N2O3. The van der Waals surface area contributed by atoms with Crippen molar-refractivity contribution in [2.75, 3.05) is 6.54 Å². The van der Waals surface area contributed by atoms with Crippen LogP contribution in [0.25, 0.3) is 0 Å². The van der Waals surface area contributed by atoms with Gasteiger partial charge < -0.3 is 15.0 Å². The Hall–Kier alpha value is -2.40. The Bertz CT molecular complexity index is 665. The molecule has 0 aliphatic heterocycles. The molecule has 1 atom stereocenters. The largest absolute Gasteiger partial charge is 0.391 e. The monoisotopic (exact) mass is 286 g/mol. The number of amides is 1. The lowest BCUT2D eigenvalue weighted by atomic mass is 10.1. The lowest BCUT2D eigenvalue weighted by Gasteiger charge is -2.12. The first-order valence-corrected chi connectivity index (χ1v) is 6.73. The fourth-order valence-electron chi connectivity index (χ4n) is 1.96. The van der Waals surface area contributed by atoms with Crippen LogP contribution in [0.3, 0.4) is 0 Å². The van der Waals surface area contributed by atoms with E-state index in [9.17, 15) is 14.7 Å². The predicted octanol–water partition coefficient (Wildman–Crippen LogP) is 0.719. The molecule has 2 N–H and O–H groups in total. The zero-order valence-corrected chi connectivity index (χ0v) is 11.8. The van der Waals surface area contributed by atoms with Gasteiger partial charge in [-0.05, 0) is 11.6 Å². The molecule has 0 aliphatic carbocycles. The molecule has 0 saturated heterocycles. The predicted molar refractivity (Wildman–Crippen MR) is 80.2 cm³/mol. The fourth-order valence-corrected chi connectivity index (χ4v) is 1.96. The summed E-state index contributed by atoms with van der Waals surface area (Å²) in [6.07, 6.45) is 1.35. The maximum atomic E-state index is 11.9. The third-order valence-corrected chi connectivity index (χ3v) is 3.18. The van der Waals surface area contributed by atoms with Crippen LogP contribution in [0.15, 0.2) is 53.5 Å². The molecular weight excluding hydrogens is 268 g/mol. The minimum absolute atomic E-state index is 0.142. The van der Waals surface area contributed by atoms with E-state index in [0.717, 1.165) is 5.56 Å². The van der Waals surface area contributed by atoms with Gasteiger partial charge in [0.15, 0.2) is 0 Å². The first kappa shape index (κ1) is 15.0. The quantitative estimate of drug-likeness (QED) is 0.850. The van der Waals surface area contributed by atoms with E-state index in [4.69, 9.17) is 0 Å². The number of hydrogen-bond donors (Lipinski definition) is 2. The highest BCUT2D eigenvalue weighted by Crippen LogP contribution is 2.02. The van der Waals surface area contributed by atoms with Gasteiger partial charge in [-0.2, -0.15) is 0 Å². The Morgan fingerprint density at radius 3 is 2.67 bits per heavy atom. The molecule has 0 unspecified atom stereocenters. The van der Waals surface area contributed by atoms with Crippen LogP contribution in [-0.4, -0.2) is 28.2 Å². The number of pyridine rings is 1. The van der Waals surface area contributed by atoms with Crippen molar-refractivity contribution in [3.63, 3.8) is 0 Å². The van der Waals surface area contributed by atoms with E-state index in [1.807, 2.05) is 30.3 Å². The Morgan fingerprint density at radius 1 is 1.29 bits per heavy atom. The molecule has 0 fully saturated rings. The van der Waals surface area contributed by atoms with Crippen LogP contribution in [-0.2, 0) is 13.5 Å². The first-order chi connectivity index (χ1) is 10.1. The van der Waals surface area contributed by atoms with Crippen LogP contribution in [0.4, 0.5) is 0 Å². The zero-order valence-electron chi connectivity index (χ0n) is 11.8. The molecule has 21 heavy (non-hydrogen) atoms. The molecule has 1 heterocycles. The summed E-state index contributed by atoms with van der Waals surface area (Å²) in [5.74, 6) is -0.361. The lowest BCUT2D eigenvalue weighted by molar-refractivity contribution is 0.0915.